The molecule has 1 atom stereocenters. The van der Waals surface area contributed by atoms with E-state index < -0.39 is 0 Å². The van der Waals surface area contributed by atoms with E-state index in [0.29, 0.717) is 0 Å². The molecule has 2 nitrogen and oxygen atoms in total. The first-order valence-corrected chi connectivity index (χ1v) is 3.63. The first-order chi connectivity index (χ1) is 4.34. The van der Waals surface area contributed by atoms with Crippen molar-refractivity contribution in [2.75, 3.05) is 0 Å². The van der Waals surface area contributed by atoms with E-state index in [2.05, 4.69) is 5.16 Å². The number of hydrogen-bond acceptors (Lipinski definition) is 2. The predicted molar refractivity (Wildman–Crippen MR) is 44.6 cm³/mol. The van der Waals surface area contributed by atoms with Crippen LogP contribution in [0.5, 0.6) is 0 Å². The molecule has 1 aliphatic carbocycles. The maximum Gasteiger partial charge on any atom is 0.0751 e. The van der Waals surface area contributed by atoms with Crippen molar-refractivity contribution >= 4 is 29.7 Å². The van der Waals surface area contributed by atoms with E-state index in [4.69, 9.17) is 16.8 Å². The van der Waals surface area contributed by atoms with E-state index in [9.17, 15) is 0 Å². The van der Waals surface area contributed by atoms with E-state index in [1.165, 1.54) is 0 Å². The van der Waals surface area contributed by atoms with Gasteiger partial charge in [-0.1, -0.05) is 11.6 Å². The lowest BCUT2D eigenvalue weighted by atomic mass is 9.98. The molecule has 0 saturated heterocycles. The molecule has 10 heavy (non-hydrogen) atoms. The van der Waals surface area contributed by atoms with Crippen LogP contribution in [0.4, 0.5) is 0 Å². The molecule has 0 heterocycles. The maximum absolute atomic E-state index is 8.36. The SMILES string of the molecule is Cl.ON=C1CCCCC1Cl. The predicted octanol–water partition coefficient (Wildman–Crippen LogP) is 2.42. The molecule has 0 aromatic carbocycles. The van der Waals surface area contributed by atoms with Crippen molar-refractivity contribution in [1.29, 1.82) is 0 Å². The van der Waals surface area contributed by atoms with Crippen LogP contribution in [0, 0.1) is 0 Å². The monoisotopic (exact) mass is 183 g/mol. The van der Waals surface area contributed by atoms with Gasteiger partial charge in [-0.25, -0.2) is 0 Å². The van der Waals surface area contributed by atoms with Crippen molar-refractivity contribution in [3.63, 3.8) is 0 Å². The van der Waals surface area contributed by atoms with Gasteiger partial charge in [0.2, 0.25) is 0 Å². The molecule has 1 rings (SSSR count). The van der Waals surface area contributed by atoms with Crippen LogP contribution in [-0.4, -0.2) is 16.3 Å². The third-order valence-corrected chi connectivity index (χ3v) is 2.10. The van der Waals surface area contributed by atoms with E-state index >= 15 is 0 Å². The summed E-state index contributed by atoms with van der Waals surface area (Å²) >= 11 is 5.79. The molecule has 0 radical (unpaired) electrons. The Morgan fingerprint density at radius 3 is 2.60 bits per heavy atom. The molecule has 0 amide bonds. The van der Waals surface area contributed by atoms with Gasteiger partial charge in [-0.05, 0) is 19.3 Å². The number of rotatable bonds is 0. The normalized spacial score (nSPS) is 29.7. The Morgan fingerprint density at radius 1 is 1.50 bits per heavy atom. The Kier molecular flexibility index (Phi) is 4.83. The second-order valence-corrected chi connectivity index (χ2v) is 2.83. The number of nitrogens with zero attached hydrogens (tertiary/aromatic N) is 1. The van der Waals surface area contributed by atoms with Gasteiger partial charge in [0.1, 0.15) is 0 Å². The third kappa shape index (κ3) is 2.35. The van der Waals surface area contributed by atoms with Gasteiger partial charge in [0.25, 0.3) is 0 Å². The lowest BCUT2D eigenvalue weighted by Gasteiger charge is -2.15. The van der Waals surface area contributed by atoms with Crippen LogP contribution in [0.25, 0.3) is 0 Å². The van der Waals surface area contributed by atoms with Gasteiger partial charge in [0.05, 0.1) is 11.1 Å². The van der Waals surface area contributed by atoms with E-state index in [1.54, 1.807) is 0 Å². The second-order valence-electron chi connectivity index (χ2n) is 2.30. The zero-order valence-corrected chi connectivity index (χ0v) is 7.16. The van der Waals surface area contributed by atoms with Gasteiger partial charge in [0.15, 0.2) is 0 Å². The van der Waals surface area contributed by atoms with Crippen LogP contribution < -0.4 is 0 Å². The fraction of sp³-hybridized carbons (Fsp3) is 0.833. The zero-order chi connectivity index (χ0) is 6.69. The van der Waals surface area contributed by atoms with Crippen LogP contribution >= 0.6 is 24.0 Å². The molecular formula is C6H11Cl2NO. The summed E-state index contributed by atoms with van der Waals surface area (Å²) in [6.07, 6.45) is 4.10. The molecule has 4 heteroatoms. The highest BCUT2D eigenvalue weighted by molar-refractivity contribution is 6.32. The number of alkyl halides is 1. The number of halogens is 2. The van der Waals surface area contributed by atoms with Crippen LogP contribution in [0.3, 0.4) is 0 Å². The summed E-state index contributed by atoms with van der Waals surface area (Å²) in [4.78, 5) is 0. The Hall–Kier alpha value is 0.0500. The summed E-state index contributed by atoms with van der Waals surface area (Å²) in [7, 11) is 0. The minimum absolute atomic E-state index is 0. The van der Waals surface area contributed by atoms with Crippen LogP contribution in [-0.2, 0) is 0 Å². The molecule has 1 saturated carbocycles. The van der Waals surface area contributed by atoms with Crippen molar-refractivity contribution in [2.45, 2.75) is 31.1 Å². The minimum atomic E-state index is -0.0104. The topological polar surface area (TPSA) is 32.6 Å². The molecule has 0 spiro atoms. The molecule has 0 aromatic rings. The van der Waals surface area contributed by atoms with Crippen molar-refractivity contribution in [2.24, 2.45) is 5.16 Å². The Morgan fingerprint density at radius 2 is 2.20 bits per heavy atom. The highest BCUT2D eigenvalue weighted by atomic mass is 35.5. The van der Waals surface area contributed by atoms with Crippen molar-refractivity contribution in [1.82, 2.24) is 0 Å². The average molecular weight is 184 g/mol. The van der Waals surface area contributed by atoms with Crippen molar-refractivity contribution < 1.29 is 5.21 Å². The van der Waals surface area contributed by atoms with Gasteiger partial charge in [-0.2, -0.15) is 0 Å². The molecule has 1 fully saturated rings. The maximum atomic E-state index is 8.36. The lowest BCUT2D eigenvalue weighted by Crippen LogP contribution is -2.18. The highest BCUT2D eigenvalue weighted by Crippen LogP contribution is 2.19. The summed E-state index contributed by atoms with van der Waals surface area (Å²) in [6.45, 7) is 0. The smallest absolute Gasteiger partial charge is 0.0751 e. The van der Waals surface area contributed by atoms with Gasteiger partial charge >= 0.3 is 0 Å². The van der Waals surface area contributed by atoms with Crippen LogP contribution in [0.2, 0.25) is 0 Å². The Labute approximate surface area is 71.7 Å². The molecule has 60 valence electrons. The molecule has 1 unspecified atom stereocenters. The standard InChI is InChI=1S/C6H10ClNO.ClH/c7-5-3-1-2-4-6(5)8-9;/h5,9H,1-4H2;1H. The van der Waals surface area contributed by atoms with Crippen LogP contribution in [0.1, 0.15) is 25.7 Å². The quantitative estimate of drug-likeness (QED) is 0.350. The van der Waals surface area contributed by atoms with Gasteiger partial charge in [-0.15, -0.1) is 24.0 Å². The number of hydrogen-bond donors (Lipinski definition) is 1. The lowest BCUT2D eigenvalue weighted by molar-refractivity contribution is 0.314. The van der Waals surface area contributed by atoms with E-state index in [0.717, 1.165) is 31.4 Å². The molecule has 0 aliphatic heterocycles. The first kappa shape index (κ1) is 10.0. The fourth-order valence-corrected chi connectivity index (χ4v) is 1.37. The zero-order valence-electron chi connectivity index (χ0n) is 5.59. The summed E-state index contributed by atoms with van der Waals surface area (Å²) < 4.78 is 0. The first-order valence-electron chi connectivity index (χ1n) is 3.19. The van der Waals surface area contributed by atoms with E-state index in [-0.39, 0.29) is 17.8 Å². The molecule has 0 aromatic heterocycles. The summed E-state index contributed by atoms with van der Waals surface area (Å²) in [6, 6.07) is 0. The average Bonchev–Trinajstić information content (AvgIpc) is 1.89. The molecule has 1 N–H and O–H groups in total. The second kappa shape index (κ2) is 4.80. The summed E-state index contributed by atoms with van der Waals surface area (Å²) in [5.74, 6) is 0. The molecule has 1 aliphatic rings. The van der Waals surface area contributed by atoms with Crippen molar-refractivity contribution in [3.8, 4) is 0 Å². The minimum Gasteiger partial charge on any atom is -0.411 e. The summed E-state index contributed by atoms with van der Waals surface area (Å²) in [5.41, 5.74) is 0.753. The molecular weight excluding hydrogens is 173 g/mol. The molecule has 0 bridgehead atoms. The van der Waals surface area contributed by atoms with Gasteiger partial charge in [-0.3, -0.25) is 0 Å². The Balaban J connectivity index is 0.000000810. The third-order valence-electron chi connectivity index (χ3n) is 1.63. The summed E-state index contributed by atoms with van der Waals surface area (Å²) in [5, 5.41) is 11.5. The van der Waals surface area contributed by atoms with Crippen LogP contribution in [0.15, 0.2) is 5.16 Å². The fourth-order valence-electron chi connectivity index (χ4n) is 1.07. The highest BCUT2D eigenvalue weighted by Gasteiger charge is 2.17. The van der Waals surface area contributed by atoms with Gasteiger partial charge in [0, 0.05) is 0 Å². The largest absolute Gasteiger partial charge is 0.411 e. The Bertz CT molecular complexity index is 127. The van der Waals surface area contributed by atoms with E-state index in [1.807, 2.05) is 0 Å². The van der Waals surface area contributed by atoms with Crippen molar-refractivity contribution in [3.05, 3.63) is 0 Å². The van der Waals surface area contributed by atoms with Gasteiger partial charge < -0.3 is 5.21 Å². The number of oxime groups is 1.